The summed E-state index contributed by atoms with van der Waals surface area (Å²) in [4.78, 5) is 39.0. The molecular weight excluding hydrogens is 552 g/mol. The third-order valence-corrected chi connectivity index (χ3v) is 6.55. The highest BCUT2D eigenvalue weighted by Gasteiger charge is 2.17. The number of carboxylic acids is 1. The van der Waals surface area contributed by atoms with E-state index < -0.39 is 17.9 Å². The van der Waals surface area contributed by atoms with Crippen LogP contribution in [0.15, 0.2) is 54.9 Å². The van der Waals surface area contributed by atoms with Gasteiger partial charge in [-0.25, -0.2) is 4.79 Å². The Morgan fingerprint density at radius 1 is 1.12 bits per heavy atom. The predicted octanol–water partition coefficient (Wildman–Crippen LogP) is 1.46. The molecule has 1 saturated heterocycles. The van der Waals surface area contributed by atoms with E-state index in [-0.39, 0.29) is 24.4 Å². The molecule has 3 aromatic rings. The van der Waals surface area contributed by atoms with Gasteiger partial charge in [0.25, 0.3) is 0 Å². The average Bonchev–Trinajstić information content (AvgIpc) is 3.50. The number of benzene rings is 2. The predicted molar refractivity (Wildman–Crippen MR) is 152 cm³/mol. The first-order valence-electron chi connectivity index (χ1n) is 13.0. The highest BCUT2D eigenvalue weighted by atomic mass is 35.5. The van der Waals surface area contributed by atoms with Gasteiger partial charge in [-0.15, -0.1) is 5.10 Å². The van der Waals surface area contributed by atoms with Crippen molar-refractivity contribution in [3.05, 3.63) is 71.0 Å². The summed E-state index contributed by atoms with van der Waals surface area (Å²) in [6.45, 7) is 4.45. The third-order valence-electron chi connectivity index (χ3n) is 6.32. The van der Waals surface area contributed by atoms with Crippen LogP contribution in [0.4, 0.5) is 5.69 Å². The van der Waals surface area contributed by atoms with Crippen LogP contribution in [-0.2, 0) is 14.3 Å². The largest absolute Gasteiger partial charge is 0.478 e. The number of hydrogen-bond acceptors (Lipinski definition) is 9. The number of aromatic nitrogens is 4. The number of hydrogen-bond donors (Lipinski definition) is 4. The van der Waals surface area contributed by atoms with Gasteiger partial charge >= 0.3 is 5.97 Å². The van der Waals surface area contributed by atoms with E-state index in [1.165, 1.54) is 29.2 Å². The van der Waals surface area contributed by atoms with E-state index in [9.17, 15) is 14.4 Å². The second-order valence-corrected chi connectivity index (χ2v) is 9.70. The highest BCUT2D eigenvalue weighted by Crippen LogP contribution is 2.20. The van der Waals surface area contributed by atoms with E-state index in [0.717, 1.165) is 13.1 Å². The zero-order chi connectivity index (χ0) is 29.0. The van der Waals surface area contributed by atoms with E-state index in [1.807, 2.05) is 0 Å². The lowest BCUT2D eigenvalue weighted by Gasteiger charge is -2.26. The molecule has 13 nitrogen and oxygen atoms in total. The monoisotopic (exact) mass is 582 g/mol. The minimum absolute atomic E-state index is 0.0376. The molecule has 2 amide bonds. The van der Waals surface area contributed by atoms with E-state index >= 15 is 0 Å². The molecule has 2 aromatic carbocycles. The second kappa shape index (κ2) is 14.9. The van der Waals surface area contributed by atoms with Crippen molar-refractivity contribution in [1.82, 2.24) is 35.7 Å². The number of amides is 2. The van der Waals surface area contributed by atoms with Crippen molar-refractivity contribution in [2.45, 2.75) is 12.5 Å². The standard InChI is InChI=1S/C27H31ClN8O5/c28-21-4-7-24(36-18-31-33-34-36)20(15-21)3-8-25(37)32-23(17-30-22-5-1-19(2-6-22)27(39)40)16-26(38)29-9-10-35-11-13-41-14-12-35/h1-8,15,18,23,30H,9-14,16-17H2,(H,29,38)(H,32,37)(H,39,40)/b8-3+. The summed E-state index contributed by atoms with van der Waals surface area (Å²) in [5, 5.41) is 29.7. The molecule has 0 aliphatic carbocycles. The van der Waals surface area contributed by atoms with Crippen molar-refractivity contribution in [3.8, 4) is 5.69 Å². The van der Waals surface area contributed by atoms with Crippen LogP contribution in [0.5, 0.6) is 0 Å². The Morgan fingerprint density at radius 2 is 1.90 bits per heavy atom. The molecular formula is C27H31ClN8O5. The molecule has 1 aliphatic heterocycles. The summed E-state index contributed by atoms with van der Waals surface area (Å²) in [6.07, 6.45) is 4.42. The lowest BCUT2D eigenvalue weighted by atomic mass is 10.1. The molecule has 0 spiro atoms. The molecule has 1 unspecified atom stereocenters. The first kappa shape index (κ1) is 29.6. The molecule has 14 heteroatoms. The number of rotatable bonds is 13. The molecule has 0 bridgehead atoms. The van der Waals surface area contributed by atoms with Crippen molar-refractivity contribution in [2.24, 2.45) is 0 Å². The number of nitrogens with one attached hydrogen (secondary N) is 3. The molecule has 4 rings (SSSR count). The van der Waals surface area contributed by atoms with Crippen LogP contribution in [0.2, 0.25) is 5.02 Å². The highest BCUT2D eigenvalue weighted by molar-refractivity contribution is 6.30. The Bertz CT molecular complexity index is 1340. The zero-order valence-electron chi connectivity index (χ0n) is 22.2. The molecule has 1 atom stereocenters. The van der Waals surface area contributed by atoms with Crippen LogP contribution in [0.1, 0.15) is 22.3 Å². The number of carboxylic acid groups (broad SMARTS) is 1. The van der Waals surface area contributed by atoms with Gasteiger partial charge in [-0.3, -0.25) is 14.5 Å². The van der Waals surface area contributed by atoms with Crippen LogP contribution < -0.4 is 16.0 Å². The molecule has 1 fully saturated rings. The lowest BCUT2D eigenvalue weighted by Crippen LogP contribution is -2.44. The first-order valence-corrected chi connectivity index (χ1v) is 13.4. The Balaban J connectivity index is 1.39. The number of nitrogens with zero attached hydrogens (tertiary/aromatic N) is 5. The van der Waals surface area contributed by atoms with Gasteiger partial charge in [0.15, 0.2) is 0 Å². The SMILES string of the molecule is O=C(/C=C/c1cc(Cl)ccc1-n1cnnn1)NC(CNc1ccc(C(=O)O)cc1)CC(=O)NCCN1CCOCC1. The van der Waals surface area contributed by atoms with Crippen LogP contribution in [-0.4, -0.2) is 100.0 Å². The fourth-order valence-electron chi connectivity index (χ4n) is 4.17. The molecule has 1 aromatic heterocycles. The normalized spacial score (nSPS) is 14.5. The van der Waals surface area contributed by atoms with Gasteiger partial charge in [-0.05, 0) is 59.0 Å². The fourth-order valence-corrected chi connectivity index (χ4v) is 4.35. The third kappa shape index (κ3) is 9.38. The molecule has 0 saturated carbocycles. The van der Waals surface area contributed by atoms with Gasteiger partial charge in [0.1, 0.15) is 6.33 Å². The van der Waals surface area contributed by atoms with Crippen molar-refractivity contribution >= 4 is 41.1 Å². The number of tetrazole rings is 1. The van der Waals surface area contributed by atoms with Gasteiger partial charge in [0.2, 0.25) is 11.8 Å². The summed E-state index contributed by atoms with van der Waals surface area (Å²) in [5.41, 5.74) is 2.06. The number of ether oxygens (including phenoxy) is 1. The molecule has 4 N–H and O–H groups in total. The molecule has 41 heavy (non-hydrogen) atoms. The molecule has 1 aliphatic rings. The van der Waals surface area contributed by atoms with E-state index in [4.69, 9.17) is 21.4 Å². The number of carbonyl (C=O) groups is 3. The average molecular weight is 583 g/mol. The summed E-state index contributed by atoms with van der Waals surface area (Å²) < 4.78 is 6.81. The second-order valence-electron chi connectivity index (χ2n) is 9.27. The van der Waals surface area contributed by atoms with Gasteiger partial charge in [0, 0.05) is 61.5 Å². The summed E-state index contributed by atoms with van der Waals surface area (Å²) in [5.74, 6) is -1.64. The smallest absolute Gasteiger partial charge is 0.335 e. The number of aromatic carboxylic acids is 1. The zero-order valence-corrected chi connectivity index (χ0v) is 23.0. The van der Waals surface area contributed by atoms with E-state index in [0.29, 0.717) is 48.3 Å². The number of anilines is 1. The Labute approximate surface area is 241 Å². The van der Waals surface area contributed by atoms with E-state index in [1.54, 1.807) is 36.4 Å². The maximum Gasteiger partial charge on any atom is 0.335 e. The number of morpholine rings is 1. The summed E-state index contributed by atoms with van der Waals surface area (Å²) in [6, 6.07) is 10.8. The first-order chi connectivity index (χ1) is 19.9. The number of carbonyl (C=O) groups excluding carboxylic acids is 2. The Morgan fingerprint density at radius 3 is 2.61 bits per heavy atom. The van der Waals surface area contributed by atoms with Gasteiger partial charge in [0.05, 0.1) is 30.5 Å². The van der Waals surface area contributed by atoms with Crippen molar-refractivity contribution in [2.75, 3.05) is 51.3 Å². The van der Waals surface area contributed by atoms with Gasteiger partial charge < -0.3 is 25.8 Å². The summed E-state index contributed by atoms with van der Waals surface area (Å²) in [7, 11) is 0. The lowest BCUT2D eigenvalue weighted by molar-refractivity contribution is -0.122. The minimum Gasteiger partial charge on any atom is -0.478 e. The van der Waals surface area contributed by atoms with Crippen LogP contribution in [0.3, 0.4) is 0 Å². The van der Waals surface area contributed by atoms with E-state index in [2.05, 4.69) is 36.4 Å². The van der Waals surface area contributed by atoms with Crippen molar-refractivity contribution in [3.63, 3.8) is 0 Å². The van der Waals surface area contributed by atoms with Gasteiger partial charge in [-0.1, -0.05) is 11.6 Å². The Kier molecular flexibility index (Phi) is 10.8. The molecule has 216 valence electrons. The van der Waals surface area contributed by atoms with Gasteiger partial charge in [-0.2, -0.15) is 4.68 Å². The number of halogens is 1. The maximum absolute atomic E-state index is 12.9. The quantitative estimate of drug-likeness (QED) is 0.217. The fraction of sp³-hybridized carbons (Fsp3) is 0.333. The minimum atomic E-state index is -1.02. The Hall–Kier alpha value is -4.33. The van der Waals surface area contributed by atoms with Crippen molar-refractivity contribution in [1.29, 1.82) is 0 Å². The molecule has 2 heterocycles. The van der Waals surface area contributed by atoms with Crippen molar-refractivity contribution < 1.29 is 24.2 Å². The maximum atomic E-state index is 12.9. The van der Waals surface area contributed by atoms with Crippen LogP contribution in [0, 0.1) is 0 Å². The topological polar surface area (TPSA) is 164 Å². The van der Waals surface area contributed by atoms with Crippen LogP contribution >= 0.6 is 11.6 Å². The molecule has 0 radical (unpaired) electrons. The van der Waals surface area contributed by atoms with Crippen LogP contribution in [0.25, 0.3) is 11.8 Å². The summed E-state index contributed by atoms with van der Waals surface area (Å²) >= 11 is 6.16.